The molecule has 4 heteroatoms. The molecule has 2 aromatic rings. The van der Waals surface area contributed by atoms with Crippen LogP contribution in [0.15, 0.2) is 54.6 Å². The largest absolute Gasteiger partial charge is 0.350 e. The second-order valence-electron chi connectivity index (χ2n) is 6.93. The van der Waals surface area contributed by atoms with E-state index in [0.29, 0.717) is 0 Å². The predicted octanol–water partition coefficient (Wildman–Crippen LogP) is 4.44. The molecular formula is C22H25ClN2O. The minimum atomic E-state index is -0.0123. The number of hydrogen-bond acceptors (Lipinski definition) is 2. The molecule has 136 valence electrons. The Morgan fingerprint density at radius 1 is 1.12 bits per heavy atom. The van der Waals surface area contributed by atoms with E-state index in [1.54, 1.807) is 6.08 Å². The number of likely N-dealkylation sites (tertiary alicyclic amines) is 1. The fourth-order valence-corrected chi connectivity index (χ4v) is 3.31. The molecule has 0 aliphatic carbocycles. The highest BCUT2D eigenvalue weighted by Crippen LogP contribution is 2.16. The van der Waals surface area contributed by atoms with Gasteiger partial charge in [0.15, 0.2) is 0 Å². The van der Waals surface area contributed by atoms with Crippen LogP contribution < -0.4 is 5.32 Å². The number of nitrogens with one attached hydrogen (secondary N) is 1. The van der Waals surface area contributed by atoms with Gasteiger partial charge in [0.2, 0.25) is 5.91 Å². The number of hydrogen-bond donors (Lipinski definition) is 1. The summed E-state index contributed by atoms with van der Waals surface area (Å²) in [7, 11) is 0. The first-order valence-corrected chi connectivity index (χ1v) is 9.48. The minimum absolute atomic E-state index is 0.0123. The first kappa shape index (κ1) is 18.7. The summed E-state index contributed by atoms with van der Waals surface area (Å²) in [5.74, 6) is -0.0123. The molecule has 0 aromatic heterocycles. The molecule has 0 bridgehead atoms. The lowest BCUT2D eigenvalue weighted by molar-refractivity contribution is -0.117. The molecule has 0 unspecified atom stereocenters. The second kappa shape index (κ2) is 9.02. The maximum atomic E-state index is 12.1. The van der Waals surface area contributed by atoms with Crippen LogP contribution in [0.5, 0.6) is 0 Å². The molecule has 2 aromatic carbocycles. The van der Waals surface area contributed by atoms with E-state index in [-0.39, 0.29) is 11.9 Å². The van der Waals surface area contributed by atoms with Crippen LogP contribution in [0.25, 0.3) is 6.08 Å². The smallest absolute Gasteiger partial charge is 0.244 e. The van der Waals surface area contributed by atoms with Gasteiger partial charge in [-0.1, -0.05) is 53.6 Å². The van der Waals surface area contributed by atoms with Gasteiger partial charge < -0.3 is 5.32 Å². The van der Waals surface area contributed by atoms with Crippen molar-refractivity contribution in [2.75, 3.05) is 13.1 Å². The third-order valence-electron chi connectivity index (χ3n) is 4.76. The average Bonchev–Trinajstić information content (AvgIpc) is 2.65. The Morgan fingerprint density at radius 2 is 1.77 bits per heavy atom. The van der Waals surface area contributed by atoms with E-state index in [1.807, 2.05) is 42.5 Å². The molecule has 26 heavy (non-hydrogen) atoms. The number of amides is 1. The zero-order valence-corrected chi connectivity index (χ0v) is 15.9. The second-order valence-corrected chi connectivity index (χ2v) is 7.37. The molecule has 1 saturated heterocycles. The van der Waals surface area contributed by atoms with Crippen LogP contribution in [0.2, 0.25) is 5.02 Å². The molecule has 0 saturated carbocycles. The van der Waals surface area contributed by atoms with Gasteiger partial charge >= 0.3 is 0 Å². The molecule has 1 amide bonds. The Kier molecular flexibility index (Phi) is 6.48. The van der Waals surface area contributed by atoms with Crippen molar-refractivity contribution in [2.24, 2.45) is 0 Å². The number of nitrogens with zero attached hydrogens (tertiary/aromatic N) is 1. The van der Waals surface area contributed by atoms with Crippen LogP contribution >= 0.6 is 11.6 Å². The van der Waals surface area contributed by atoms with Gasteiger partial charge in [-0.3, -0.25) is 9.69 Å². The van der Waals surface area contributed by atoms with Crippen molar-refractivity contribution in [3.8, 4) is 0 Å². The van der Waals surface area contributed by atoms with Gasteiger partial charge in [-0.25, -0.2) is 0 Å². The highest BCUT2D eigenvalue weighted by Gasteiger charge is 2.20. The Morgan fingerprint density at radius 3 is 2.42 bits per heavy atom. The number of rotatable bonds is 5. The van der Waals surface area contributed by atoms with Gasteiger partial charge in [0, 0.05) is 36.8 Å². The van der Waals surface area contributed by atoms with E-state index in [0.717, 1.165) is 43.1 Å². The first-order valence-electron chi connectivity index (χ1n) is 9.10. The van der Waals surface area contributed by atoms with Crippen LogP contribution in [0, 0.1) is 6.92 Å². The monoisotopic (exact) mass is 368 g/mol. The number of halogens is 1. The molecular weight excluding hydrogens is 344 g/mol. The summed E-state index contributed by atoms with van der Waals surface area (Å²) in [6, 6.07) is 16.4. The number of benzene rings is 2. The number of carbonyl (C=O) groups excluding carboxylic acids is 1. The molecule has 0 radical (unpaired) electrons. The van der Waals surface area contributed by atoms with E-state index in [4.69, 9.17) is 11.6 Å². The van der Waals surface area contributed by atoms with Gasteiger partial charge in [0.1, 0.15) is 0 Å². The van der Waals surface area contributed by atoms with E-state index < -0.39 is 0 Å². The minimum Gasteiger partial charge on any atom is -0.350 e. The quantitative estimate of drug-likeness (QED) is 0.791. The van der Waals surface area contributed by atoms with E-state index in [2.05, 4.69) is 29.3 Å². The lowest BCUT2D eigenvalue weighted by Crippen LogP contribution is -2.43. The highest BCUT2D eigenvalue weighted by molar-refractivity contribution is 6.30. The zero-order valence-electron chi connectivity index (χ0n) is 15.1. The normalized spacial score (nSPS) is 16.1. The summed E-state index contributed by atoms with van der Waals surface area (Å²) < 4.78 is 0. The van der Waals surface area contributed by atoms with Crippen molar-refractivity contribution in [2.45, 2.75) is 32.4 Å². The molecule has 0 atom stereocenters. The van der Waals surface area contributed by atoms with Gasteiger partial charge in [0.25, 0.3) is 0 Å². The first-order chi connectivity index (χ1) is 12.6. The van der Waals surface area contributed by atoms with Gasteiger partial charge in [-0.05, 0) is 49.1 Å². The molecule has 3 rings (SSSR count). The molecule has 1 aliphatic heterocycles. The summed E-state index contributed by atoms with van der Waals surface area (Å²) in [6.45, 7) is 4.98. The van der Waals surface area contributed by atoms with Crippen molar-refractivity contribution in [3.05, 3.63) is 76.3 Å². The molecule has 1 aliphatic rings. The summed E-state index contributed by atoms with van der Waals surface area (Å²) in [5.41, 5.74) is 3.54. The standard InChI is InChI=1S/C22H25ClN2O/c1-17-2-4-18(5-3-17)8-11-22(26)24-21-12-14-25(15-13-21)16-19-6-9-20(23)10-7-19/h2-11,21H,12-16H2,1H3,(H,24,26)/b11-8+. The zero-order chi connectivity index (χ0) is 18.4. The maximum Gasteiger partial charge on any atom is 0.244 e. The Bertz CT molecular complexity index is 745. The molecule has 1 fully saturated rings. The summed E-state index contributed by atoms with van der Waals surface area (Å²) >= 11 is 5.93. The third kappa shape index (κ3) is 5.72. The van der Waals surface area contributed by atoms with Crippen molar-refractivity contribution in [1.82, 2.24) is 10.2 Å². The number of carbonyl (C=O) groups is 1. The fraction of sp³-hybridized carbons (Fsp3) is 0.318. The van der Waals surface area contributed by atoms with Gasteiger partial charge in [0.05, 0.1) is 0 Å². The van der Waals surface area contributed by atoms with Gasteiger partial charge in [-0.2, -0.15) is 0 Å². The van der Waals surface area contributed by atoms with Crippen molar-refractivity contribution in [3.63, 3.8) is 0 Å². The van der Waals surface area contributed by atoms with Crippen LogP contribution in [0.3, 0.4) is 0 Å². The Hall–Kier alpha value is -2.10. The average molecular weight is 369 g/mol. The summed E-state index contributed by atoms with van der Waals surface area (Å²) in [6.07, 6.45) is 5.46. The highest BCUT2D eigenvalue weighted by atomic mass is 35.5. The third-order valence-corrected chi connectivity index (χ3v) is 5.01. The van der Waals surface area contributed by atoms with Crippen molar-refractivity contribution < 1.29 is 4.79 Å². The number of piperidine rings is 1. The van der Waals surface area contributed by atoms with Crippen molar-refractivity contribution in [1.29, 1.82) is 0 Å². The lowest BCUT2D eigenvalue weighted by Gasteiger charge is -2.32. The van der Waals surface area contributed by atoms with E-state index >= 15 is 0 Å². The van der Waals surface area contributed by atoms with E-state index in [1.165, 1.54) is 11.1 Å². The van der Waals surface area contributed by atoms with E-state index in [9.17, 15) is 4.79 Å². The van der Waals surface area contributed by atoms with Crippen LogP contribution in [-0.4, -0.2) is 29.9 Å². The van der Waals surface area contributed by atoms with Gasteiger partial charge in [-0.15, -0.1) is 0 Å². The van der Waals surface area contributed by atoms with Crippen LogP contribution in [0.4, 0.5) is 0 Å². The molecule has 1 heterocycles. The lowest BCUT2D eigenvalue weighted by atomic mass is 10.0. The summed E-state index contributed by atoms with van der Waals surface area (Å²) in [5, 5.41) is 3.89. The molecule has 3 nitrogen and oxygen atoms in total. The molecule has 0 spiro atoms. The summed E-state index contributed by atoms with van der Waals surface area (Å²) in [4.78, 5) is 14.6. The Balaban J connectivity index is 1.42. The fourth-order valence-electron chi connectivity index (χ4n) is 3.18. The van der Waals surface area contributed by atoms with Crippen LogP contribution in [0.1, 0.15) is 29.5 Å². The molecule has 1 N–H and O–H groups in total. The van der Waals surface area contributed by atoms with Crippen molar-refractivity contribution >= 4 is 23.6 Å². The number of aryl methyl sites for hydroxylation is 1. The Labute approximate surface area is 160 Å². The topological polar surface area (TPSA) is 32.3 Å². The predicted molar refractivity (Wildman–Crippen MR) is 108 cm³/mol. The maximum absolute atomic E-state index is 12.1. The SMILES string of the molecule is Cc1ccc(/C=C/C(=O)NC2CCN(Cc3ccc(Cl)cc3)CC2)cc1. The van der Waals surface area contributed by atoms with Crippen LogP contribution in [-0.2, 0) is 11.3 Å².